The Morgan fingerprint density at radius 2 is 1.56 bits per heavy atom. The number of aryl methyl sites for hydroxylation is 3. The standard InChI is InChI=1S/C28H33N3O4S/c1-20(2)19-35-26-10-8-24(9-11-26)17-29-30-28(32)18-31(25-15-22(4)14-23(5)16-25)36(33,34)27-12-6-21(3)7-13-27/h6-17,20H,18-19H2,1-5H3,(H,30,32)/b29-17+. The van der Waals surface area contributed by atoms with E-state index in [4.69, 9.17) is 4.74 Å². The fraction of sp³-hybridized carbons (Fsp3) is 0.286. The van der Waals surface area contributed by atoms with E-state index in [9.17, 15) is 13.2 Å². The molecule has 0 fully saturated rings. The van der Waals surface area contributed by atoms with Gasteiger partial charge in [-0.15, -0.1) is 0 Å². The quantitative estimate of drug-likeness (QED) is 0.309. The van der Waals surface area contributed by atoms with Crippen LogP contribution in [-0.2, 0) is 14.8 Å². The molecule has 0 radical (unpaired) electrons. The van der Waals surface area contributed by atoms with Gasteiger partial charge in [-0.1, -0.05) is 37.6 Å². The smallest absolute Gasteiger partial charge is 0.264 e. The Balaban J connectivity index is 1.76. The minimum atomic E-state index is -3.99. The highest BCUT2D eigenvalue weighted by Gasteiger charge is 2.27. The van der Waals surface area contributed by atoms with Crippen molar-refractivity contribution in [2.45, 2.75) is 39.5 Å². The molecule has 0 saturated heterocycles. The van der Waals surface area contributed by atoms with Gasteiger partial charge in [-0.3, -0.25) is 9.10 Å². The third-order valence-electron chi connectivity index (χ3n) is 5.26. The van der Waals surface area contributed by atoms with Crippen molar-refractivity contribution in [3.8, 4) is 5.75 Å². The molecule has 0 spiro atoms. The van der Waals surface area contributed by atoms with Crippen LogP contribution in [0.2, 0.25) is 0 Å². The molecule has 0 saturated carbocycles. The Kier molecular flexibility index (Phi) is 8.88. The molecular weight excluding hydrogens is 474 g/mol. The molecule has 0 heterocycles. The van der Waals surface area contributed by atoms with Crippen molar-refractivity contribution < 1.29 is 17.9 Å². The maximum atomic E-state index is 13.5. The number of hydrazone groups is 1. The first-order valence-electron chi connectivity index (χ1n) is 11.8. The van der Waals surface area contributed by atoms with E-state index in [-0.39, 0.29) is 4.90 Å². The Labute approximate surface area is 213 Å². The third kappa shape index (κ3) is 7.42. The lowest BCUT2D eigenvalue weighted by Crippen LogP contribution is -2.39. The summed E-state index contributed by atoms with van der Waals surface area (Å²) in [7, 11) is -3.99. The molecule has 3 rings (SSSR count). The van der Waals surface area contributed by atoms with Gasteiger partial charge in [-0.2, -0.15) is 5.10 Å². The van der Waals surface area contributed by atoms with Crippen molar-refractivity contribution in [1.29, 1.82) is 0 Å². The highest BCUT2D eigenvalue weighted by atomic mass is 32.2. The minimum absolute atomic E-state index is 0.114. The zero-order valence-electron chi connectivity index (χ0n) is 21.4. The lowest BCUT2D eigenvalue weighted by atomic mass is 10.1. The van der Waals surface area contributed by atoms with Crippen LogP contribution in [0.5, 0.6) is 5.75 Å². The fourth-order valence-corrected chi connectivity index (χ4v) is 4.91. The second kappa shape index (κ2) is 11.9. The van der Waals surface area contributed by atoms with E-state index in [1.54, 1.807) is 36.4 Å². The molecule has 0 bridgehead atoms. The van der Waals surface area contributed by atoms with Crippen LogP contribution < -0.4 is 14.5 Å². The molecule has 0 aliphatic rings. The van der Waals surface area contributed by atoms with Gasteiger partial charge in [-0.25, -0.2) is 13.8 Å². The number of carbonyl (C=O) groups is 1. The lowest BCUT2D eigenvalue weighted by molar-refractivity contribution is -0.119. The number of hydrogen-bond donors (Lipinski definition) is 1. The topological polar surface area (TPSA) is 88.1 Å². The first-order chi connectivity index (χ1) is 17.0. The summed E-state index contributed by atoms with van der Waals surface area (Å²) in [4.78, 5) is 12.9. The second-order valence-corrected chi connectivity index (χ2v) is 11.1. The first kappa shape index (κ1) is 26.9. The predicted molar refractivity (Wildman–Crippen MR) is 144 cm³/mol. The number of hydrogen-bond acceptors (Lipinski definition) is 5. The molecule has 0 atom stereocenters. The number of anilines is 1. The molecule has 3 aromatic rings. The van der Waals surface area contributed by atoms with Gasteiger partial charge in [0.25, 0.3) is 15.9 Å². The summed E-state index contributed by atoms with van der Waals surface area (Å²) < 4.78 is 33.8. The summed E-state index contributed by atoms with van der Waals surface area (Å²) in [5, 5.41) is 4.01. The second-order valence-electron chi connectivity index (χ2n) is 9.24. The summed E-state index contributed by atoms with van der Waals surface area (Å²) in [5.41, 5.74) is 6.37. The third-order valence-corrected chi connectivity index (χ3v) is 7.05. The molecule has 3 aromatic carbocycles. The molecule has 8 heteroatoms. The van der Waals surface area contributed by atoms with Gasteiger partial charge >= 0.3 is 0 Å². The number of benzene rings is 3. The molecule has 0 unspecified atom stereocenters. The van der Waals surface area contributed by atoms with Gasteiger partial charge in [0.1, 0.15) is 12.3 Å². The van der Waals surface area contributed by atoms with Crippen molar-refractivity contribution in [3.05, 3.63) is 89.0 Å². The molecule has 0 aliphatic carbocycles. The van der Waals surface area contributed by atoms with Gasteiger partial charge in [0, 0.05) is 0 Å². The Morgan fingerprint density at radius 1 is 0.944 bits per heavy atom. The molecule has 0 aliphatic heterocycles. The van der Waals surface area contributed by atoms with Crippen molar-refractivity contribution in [2.24, 2.45) is 11.0 Å². The van der Waals surface area contributed by atoms with Gasteiger partial charge < -0.3 is 4.74 Å². The van der Waals surface area contributed by atoms with E-state index >= 15 is 0 Å². The average Bonchev–Trinajstić information content (AvgIpc) is 2.81. The zero-order valence-corrected chi connectivity index (χ0v) is 22.2. The van der Waals surface area contributed by atoms with Crippen molar-refractivity contribution >= 4 is 27.8 Å². The van der Waals surface area contributed by atoms with Crippen molar-refractivity contribution in [1.82, 2.24) is 5.43 Å². The highest BCUT2D eigenvalue weighted by molar-refractivity contribution is 7.92. The predicted octanol–water partition coefficient (Wildman–Crippen LogP) is 4.99. The van der Waals surface area contributed by atoms with Gasteiger partial charge in [0.2, 0.25) is 0 Å². The molecule has 0 aromatic heterocycles. The molecule has 190 valence electrons. The summed E-state index contributed by atoms with van der Waals surface area (Å²) in [6.45, 7) is 10.0. The first-order valence-corrected chi connectivity index (χ1v) is 13.2. The summed E-state index contributed by atoms with van der Waals surface area (Å²) in [5.74, 6) is 0.632. The minimum Gasteiger partial charge on any atom is -0.493 e. The van der Waals surface area contributed by atoms with Crippen LogP contribution in [-0.4, -0.2) is 33.7 Å². The monoisotopic (exact) mass is 507 g/mol. The number of nitrogens with one attached hydrogen (secondary N) is 1. The number of nitrogens with zero attached hydrogens (tertiary/aromatic N) is 2. The normalized spacial score (nSPS) is 11.6. The van der Waals surface area contributed by atoms with Crippen LogP contribution in [0.3, 0.4) is 0 Å². The maximum absolute atomic E-state index is 13.5. The van der Waals surface area contributed by atoms with Crippen LogP contribution in [0.15, 0.2) is 76.7 Å². The summed E-state index contributed by atoms with van der Waals surface area (Å²) >= 11 is 0. The molecule has 1 N–H and O–H groups in total. The molecule has 36 heavy (non-hydrogen) atoms. The molecule has 1 amide bonds. The maximum Gasteiger partial charge on any atom is 0.264 e. The Morgan fingerprint density at radius 3 is 2.14 bits per heavy atom. The zero-order chi connectivity index (χ0) is 26.3. The fourth-order valence-electron chi connectivity index (χ4n) is 3.50. The van der Waals surface area contributed by atoms with E-state index in [0.29, 0.717) is 18.2 Å². The summed E-state index contributed by atoms with van der Waals surface area (Å²) in [6, 6.07) is 19.3. The Hall–Kier alpha value is -3.65. The largest absolute Gasteiger partial charge is 0.493 e. The van der Waals surface area contributed by atoms with E-state index in [1.807, 2.05) is 51.1 Å². The van der Waals surface area contributed by atoms with Gasteiger partial charge in [-0.05, 0) is 91.9 Å². The van der Waals surface area contributed by atoms with Crippen molar-refractivity contribution in [3.63, 3.8) is 0 Å². The number of sulfonamides is 1. The van der Waals surface area contributed by atoms with Crippen LogP contribution in [0.4, 0.5) is 5.69 Å². The number of ether oxygens (including phenoxy) is 1. The van der Waals surface area contributed by atoms with E-state index in [2.05, 4.69) is 24.4 Å². The number of rotatable bonds is 10. The summed E-state index contributed by atoms with van der Waals surface area (Å²) in [6.07, 6.45) is 1.50. The van der Waals surface area contributed by atoms with Gasteiger partial charge in [0.05, 0.1) is 23.4 Å². The Bertz CT molecular complexity index is 1300. The number of carbonyl (C=O) groups excluding carboxylic acids is 1. The average molecular weight is 508 g/mol. The van der Waals surface area contributed by atoms with Crippen LogP contribution in [0, 0.1) is 26.7 Å². The van der Waals surface area contributed by atoms with E-state index < -0.39 is 22.5 Å². The van der Waals surface area contributed by atoms with E-state index in [1.165, 1.54) is 6.21 Å². The van der Waals surface area contributed by atoms with Crippen LogP contribution in [0.25, 0.3) is 0 Å². The highest BCUT2D eigenvalue weighted by Crippen LogP contribution is 2.26. The van der Waals surface area contributed by atoms with Gasteiger partial charge in [0.15, 0.2) is 0 Å². The molecule has 7 nitrogen and oxygen atoms in total. The van der Waals surface area contributed by atoms with E-state index in [0.717, 1.165) is 32.3 Å². The molecular formula is C28H33N3O4S. The van der Waals surface area contributed by atoms with Crippen molar-refractivity contribution in [2.75, 3.05) is 17.5 Å². The number of amides is 1. The van der Waals surface area contributed by atoms with Crippen LogP contribution >= 0.6 is 0 Å². The lowest BCUT2D eigenvalue weighted by Gasteiger charge is -2.24. The van der Waals surface area contributed by atoms with Crippen LogP contribution in [0.1, 0.15) is 36.1 Å². The SMILES string of the molecule is Cc1ccc(S(=O)(=O)N(CC(=O)N/N=C/c2ccc(OCC(C)C)cc2)c2cc(C)cc(C)c2)cc1.